The van der Waals surface area contributed by atoms with Gasteiger partial charge in [-0.1, -0.05) is 36.4 Å². The summed E-state index contributed by atoms with van der Waals surface area (Å²) < 4.78 is 13.5. The zero-order chi connectivity index (χ0) is 12.5. The number of halogens is 1. The Balaban J connectivity index is 2.07. The second kappa shape index (κ2) is 4.23. The van der Waals surface area contributed by atoms with Crippen molar-refractivity contribution in [3.63, 3.8) is 0 Å². The Morgan fingerprint density at radius 3 is 2.56 bits per heavy atom. The fourth-order valence-corrected chi connectivity index (χ4v) is 1.94. The maximum absolute atomic E-state index is 13.5. The largest absolute Gasteiger partial charge is 0.380 e. The van der Waals surface area contributed by atoms with Crippen molar-refractivity contribution in [3.05, 3.63) is 65.7 Å². The Morgan fingerprint density at radius 1 is 1.06 bits per heavy atom. The van der Waals surface area contributed by atoms with E-state index >= 15 is 0 Å². The zero-order valence-corrected chi connectivity index (χ0v) is 9.47. The molecule has 0 saturated heterocycles. The van der Waals surface area contributed by atoms with E-state index in [0.29, 0.717) is 11.3 Å². The van der Waals surface area contributed by atoms with Crippen LogP contribution in [0.3, 0.4) is 0 Å². The summed E-state index contributed by atoms with van der Waals surface area (Å²) >= 11 is 0. The molecule has 0 amide bonds. The summed E-state index contributed by atoms with van der Waals surface area (Å²) in [6.07, 6.45) is -0.877. The van der Waals surface area contributed by atoms with Crippen LogP contribution < -0.4 is 0 Å². The predicted octanol–water partition coefficient (Wildman–Crippen LogP) is 2.78. The fraction of sp³-hybridized carbons (Fsp3) is 0.0714. The van der Waals surface area contributed by atoms with Crippen molar-refractivity contribution >= 4 is 11.0 Å². The number of hydrogen-bond acceptors (Lipinski definition) is 2. The van der Waals surface area contributed by atoms with Gasteiger partial charge >= 0.3 is 0 Å². The number of nitrogens with one attached hydrogen (secondary N) is 1. The minimum atomic E-state index is -0.877. The third-order valence-electron chi connectivity index (χ3n) is 2.86. The lowest BCUT2D eigenvalue weighted by atomic mass is 10.1. The number of nitrogens with zero attached hydrogens (tertiary/aromatic N) is 1. The van der Waals surface area contributed by atoms with Gasteiger partial charge in [-0.25, -0.2) is 9.37 Å². The van der Waals surface area contributed by atoms with E-state index in [2.05, 4.69) is 9.97 Å². The van der Waals surface area contributed by atoms with Crippen LogP contribution in [0.2, 0.25) is 0 Å². The smallest absolute Gasteiger partial charge is 0.151 e. The van der Waals surface area contributed by atoms with E-state index in [-0.39, 0.29) is 5.52 Å². The standard InChI is InChI=1S/C14H11FN2O/c15-10-7-4-8-11-12(10)17-14(16-11)13(18)9-5-2-1-3-6-9/h1-8,13,18H,(H,16,17). The summed E-state index contributed by atoms with van der Waals surface area (Å²) in [5.41, 5.74) is 1.56. The molecule has 3 aromatic rings. The number of H-pyrrole nitrogens is 1. The monoisotopic (exact) mass is 242 g/mol. The average Bonchev–Trinajstić information content (AvgIpc) is 2.84. The molecule has 2 N–H and O–H groups in total. The van der Waals surface area contributed by atoms with Crippen molar-refractivity contribution in [2.45, 2.75) is 6.10 Å². The first kappa shape index (κ1) is 10.9. The Labute approximate surface area is 103 Å². The molecule has 0 bridgehead atoms. The third kappa shape index (κ3) is 1.76. The second-order valence-electron chi connectivity index (χ2n) is 4.07. The first-order valence-electron chi connectivity index (χ1n) is 5.63. The van der Waals surface area contributed by atoms with Crippen molar-refractivity contribution in [1.29, 1.82) is 0 Å². The van der Waals surface area contributed by atoms with Gasteiger partial charge in [-0.2, -0.15) is 0 Å². The van der Waals surface area contributed by atoms with Crippen molar-refractivity contribution in [1.82, 2.24) is 9.97 Å². The van der Waals surface area contributed by atoms with Gasteiger partial charge < -0.3 is 10.1 Å². The van der Waals surface area contributed by atoms with Crippen molar-refractivity contribution in [2.24, 2.45) is 0 Å². The fourth-order valence-electron chi connectivity index (χ4n) is 1.94. The molecule has 0 aliphatic carbocycles. The maximum atomic E-state index is 13.5. The van der Waals surface area contributed by atoms with Crippen LogP contribution in [-0.2, 0) is 0 Å². The summed E-state index contributed by atoms with van der Waals surface area (Å²) in [6, 6.07) is 13.8. The highest BCUT2D eigenvalue weighted by Gasteiger charge is 2.15. The van der Waals surface area contributed by atoms with Gasteiger partial charge in [0.25, 0.3) is 0 Å². The van der Waals surface area contributed by atoms with Crippen LogP contribution in [0.5, 0.6) is 0 Å². The minimum Gasteiger partial charge on any atom is -0.380 e. The third-order valence-corrected chi connectivity index (χ3v) is 2.86. The number of imidazole rings is 1. The van der Waals surface area contributed by atoms with E-state index in [4.69, 9.17) is 0 Å². The summed E-state index contributed by atoms with van der Waals surface area (Å²) in [5, 5.41) is 10.2. The molecule has 3 rings (SSSR count). The second-order valence-corrected chi connectivity index (χ2v) is 4.07. The van der Waals surface area contributed by atoms with E-state index in [9.17, 15) is 9.50 Å². The van der Waals surface area contributed by atoms with Crippen LogP contribution in [0, 0.1) is 5.82 Å². The molecule has 1 atom stereocenters. The van der Waals surface area contributed by atoms with E-state index in [0.717, 1.165) is 5.56 Å². The van der Waals surface area contributed by atoms with Gasteiger partial charge in [0.2, 0.25) is 0 Å². The number of fused-ring (bicyclic) bond motifs is 1. The van der Waals surface area contributed by atoms with Gasteiger partial charge in [0, 0.05) is 0 Å². The number of para-hydroxylation sites is 1. The highest BCUT2D eigenvalue weighted by Crippen LogP contribution is 2.23. The number of benzene rings is 2. The van der Waals surface area contributed by atoms with Gasteiger partial charge in [0.05, 0.1) is 5.52 Å². The van der Waals surface area contributed by atoms with Gasteiger partial charge in [-0.05, 0) is 17.7 Å². The lowest BCUT2D eigenvalue weighted by Gasteiger charge is -2.06. The maximum Gasteiger partial charge on any atom is 0.151 e. The van der Waals surface area contributed by atoms with Gasteiger partial charge in [-0.15, -0.1) is 0 Å². The number of hydrogen-bond donors (Lipinski definition) is 2. The summed E-state index contributed by atoms with van der Waals surface area (Å²) in [5.74, 6) is -0.0449. The molecule has 0 fully saturated rings. The predicted molar refractivity (Wildman–Crippen MR) is 66.6 cm³/mol. The molecule has 2 aromatic carbocycles. The lowest BCUT2D eigenvalue weighted by molar-refractivity contribution is 0.211. The van der Waals surface area contributed by atoms with Crippen LogP contribution >= 0.6 is 0 Å². The highest BCUT2D eigenvalue weighted by atomic mass is 19.1. The average molecular weight is 242 g/mol. The SMILES string of the molecule is OC(c1ccccc1)c1nc2c(F)cccc2[nH]1. The molecule has 4 heteroatoms. The molecule has 0 radical (unpaired) electrons. The summed E-state index contributed by atoms with van der Waals surface area (Å²) in [7, 11) is 0. The topological polar surface area (TPSA) is 48.9 Å². The number of rotatable bonds is 2. The molecular formula is C14H11FN2O. The molecule has 1 aromatic heterocycles. The molecule has 1 heterocycles. The molecule has 0 spiro atoms. The van der Waals surface area contributed by atoms with Crippen LogP contribution in [0.1, 0.15) is 17.5 Å². The van der Waals surface area contributed by atoms with E-state index in [1.807, 2.05) is 18.2 Å². The Morgan fingerprint density at radius 2 is 1.83 bits per heavy atom. The van der Waals surface area contributed by atoms with Crippen LogP contribution in [0.15, 0.2) is 48.5 Å². The van der Waals surface area contributed by atoms with Crippen LogP contribution in [-0.4, -0.2) is 15.1 Å². The van der Waals surface area contributed by atoms with Gasteiger partial charge in [-0.3, -0.25) is 0 Å². The molecular weight excluding hydrogens is 231 g/mol. The summed E-state index contributed by atoms with van der Waals surface area (Å²) in [4.78, 5) is 7.04. The van der Waals surface area contributed by atoms with E-state index in [1.165, 1.54) is 6.07 Å². The quantitative estimate of drug-likeness (QED) is 0.726. The van der Waals surface area contributed by atoms with Gasteiger partial charge in [0.1, 0.15) is 17.4 Å². The number of aromatic amines is 1. The zero-order valence-electron chi connectivity index (χ0n) is 9.47. The van der Waals surface area contributed by atoms with Crippen molar-refractivity contribution in [2.75, 3.05) is 0 Å². The Hall–Kier alpha value is -2.20. The van der Waals surface area contributed by atoms with Crippen molar-refractivity contribution < 1.29 is 9.50 Å². The molecule has 0 aliphatic heterocycles. The first-order chi connectivity index (χ1) is 8.75. The van der Waals surface area contributed by atoms with Gasteiger partial charge in [0.15, 0.2) is 5.82 Å². The molecule has 90 valence electrons. The van der Waals surface area contributed by atoms with E-state index < -0.39 is 11.9 Å². The normalized spacial score (nSPS) is 12.8. The highest BCUT2D eigenvalue weighted by molar-refractivity contribution is 5.75. The molecule has 3 nitrogen and oxygen atoms in total. The first-order valence-corrected chi connectivity index (χ1v) is 5.63. The lowest BCUT2D eigenvalue weighted by Crippen LogP contribution is -2.01. The van der Waals surface area contributed by atoms with Crippen LogP contribution in [0.25, 0.3) is 11.0 Å². The Kier molecular flexibility index (Phi) is 2.57. The molecule has 0 aliphatic rings. The number of aromatic nitrogens is 2. The molecule has 0 saturated carbocycles. The van der Waals surface area contributed by atoms with E-state index in [1.54, 1.807) is 24.3 Å². The molecule has 1 unspecified atom stereocenters. The summed E-state index contributed by atoms with van der Waals surface area (Å²) in [6.45, 7) is 0. The van der Waals surface area contributed by atoms with Crippen molar-refractivity contribution in [3.8, 4) is 0 Å². The molecule has 18 heavy (non-hydrogen) atoms. The Bertz CT molecular complexity index is 679. The number of aliphatic hydroxyl groups excluding tert-OH is 1. The minimum absolute atomic E-state index is 0.252. The number of aliphatic hydroxyl groups is 1. The van der Waals surface area contributed by atoms with Crippen LogP contribution in [0.4, 0.5) is 4.39 Å².